The average molecular weight is 604 g/mol. The van der Waals surface area contributed by atoms with Gasteiger partial charge in [-0.2, -0.15) is 42.8 Å². The molecule has 4 aromatic rings. The summed E-state index contributed by atoms with van der Waals surface area (Å²) in [5.41, 5.74) is 4.62. The van der Waals surface area contributed by atoms with Crippen LogP contribution in [0.1, 0.15) is 30.1 Å². The van der Waals surface area contributed by atoms with Crippen LogP contribution in [-0.2, 0) is 16.1 Å². The van der Waals surface area contributed by atoms with E-state index in [0.29, 0.717) is 5.92 Å². The van der Waals surface area contributed by atoms with Gasteiger partial charge in [-0.05, 0) is 78.2 Å². The zero-order valence-corrected chi connectivity index (χ0v) is 21.8. The fourth-order valence-electron chi connectivity index (χ4n) is 3.78. The molecule has 5 heterocycles. The minimum absolute atomic E-state index is 0.452. The molecule has 0 bridgehead atoms. The maximum atomic E-state index is 10.6. The molecule has 9 nitrogen and oxygen atoms in total. The molecule has 4 aromatic heterocycles. The number of halogens is 6. The number of hydrogen-bond donors (Lipinski definition) is 2. The molecule has 0 aromatic carbocycles. The molecule has 1 saturated heterocycles. The summed E-state index contributed by atoms with van der Waals surface area (Å²) in [7, 11) is 0. The topological polar surface area (TPSA) is 121 Å². The van der Waals surface area contributed by atoms with Gasteiger partial charge in [0, 0.05) is 36.6 Å². The van der Waals surface area contributed by atoms with E-state index in [-0.39, 0.29) is 0 Å². The maximum absolute atomic E-state index is 10.6. The van der Waals surface area contributed by atoms with Gasteiger partial charge in [0.2, 0.25) is 0 Å². The Bertz CT molecular complexity index is 1400. The van der Waals surface area contributed by atoms with Crippen LogP contribution in [0.3, 0.4) is 0 Å². The van der Waals surface area contributed by atoms with Crippen LogP contribution in [0.25, 0.3) is 16.8 Å². The van der Waals surface area contributed by atoms with Crippen LogP contribution >= 0.6 is 11.3 Å². The van der Waals surface area contributed by atoms with Crippen LogP contribution in [0.5, 0.6) is 0 Å². The van der Waals surface area contributed by atoms with E-state index >= 15 is 0 Å². The normalized spacial score (nSPS) is 14.5. The van der Waals surface area contributed by atoms with Crippen molar-refractivity contribution in [1.82, 2.24) is 24.5 Å². The minimum atomic E-state index is -5.08. The summed E-state index contributed by atoms with van der Waals surface area (Å²) in [6.07, 6.45) is -2.23. The molecule has 41 heavy (non-hydrogen) atoms. The van der Waals surface area contributed by atoms with Gasteiger partial charge in [0.05, 0.1) is 0 Å². The number of pyridine rings is 2. The monoisotopic (exact) mass is 603 g/mol. The largest absolute Gasteiger partial charge is 0.490 e. The highest BCUT2D eigenvalue weighted by Gasteiger charge is 2.38. The molecule has 0 aliphatic carbocycles. The van der Waals surface area contributed by atoms with Gasteiger partial charge in [0.25, 0.3) is 0 Å². The Kier molecular flexibility index (Phi) is 10.4. The van der Waals surface area contributed by atoms with Crippen molar-refractivity contribution >= 4 is 28.9 Å². The molecule has 16 heteroatoms. The Labute approximate surface area is 232 Å². The predicted molar refractivity (Wildman–Crippen MR) is 135 cm³/mol. The van der Waals surface area contributed by atoms with Crippen molar-refractivity contribution in [1.29, 1.82) is 0 Å². The van der Waals surface area contributed by atoms with E-state index in [2.05, 4.69) is 45.0 Å². The standard InChI is InChI=1S/C21H21N5S.2C2HF3O2/c1-2-20-23-21(24-26(20)14-19(1)17-3-8-22-9-4-17)18-5-10-25(11-6-18)13-16-7-12-27-15-16;2*3-2(4,5)1(6)7/h1-4,7-9,12,14-15,18H,5-6,10-11,13H2;2*(H,6,7). The Morgan fingerprint density at radius 1 is 0.902 bits per heavy atom. The number of carboxylic acids is 2. The summed E-state index contributed by atoms with van der Waals surface area (Å²) in [6.45, 7) is 3.28. The summed E-state index contributed by atoms with van der Waals surface area (Å²) in [5.74, 6) is -4.08. The smallest absolute Gasteiger partial charge is 0.475 e. The highest BCUT2D eigenvalue weighted by molar-refractivity contribution is 7.07. The molecule has 5 rings (SSSR count). The lowest BCUT2D eigenvalue weighted by atomic mass is 9.96. The van der Waals surface area contributed by atoms with Gasteiger partial charge in [-0.3, -0.25) is 9.88 Å². The van der Waals surface area contributed by atoms with Crippen molar-refractivity contribution in [3.8, 4) is 11.1 Å². The van der Waals surface area contributed by atoms with E-state index < -0.39 is 24.3 Å². The number of fused-ring (bicyclic) bond motifs is 1. The summed E-state index contributed by atoms with van der Waals surface area (Å²) in [6, 6.07) is 10.4. The number of aromatic nitrogens is 4. The zero-order valence-electron chi connectivity index (χ0n) is 21.0. The summed E-state index contributed by atoms with van der Waals surface area (Å²) >= 11 is 1.77. The number of thiophene rings is 1. The number of carboxylic acid groups (broad SMARTS) is 2. The molecule has 0 spiro atoms. The van der Waals surface area contributed by atoms with Crippen LogP contribution in [0.4, 0.5) is 26.3 Å². The Hall–Kier alpha value is -4.05. The molecule has 220 valence electrons. The quantitative estimate of drug-likeness (QED) is 0.294. The first-order chi connectivity index (χ1) is 19.2. The van der Waals surface area contributed by atoms with Crippen molar-refractivity contribution in [2.24, 2.45) is 0 Å². The Morgan fingerprint density at radius 3 is 2.00 bits per heavy atom. The van der Waals surface area contributed by atoms with Gasteiger partial charge in [-0.1, -0.05) is 0 Å². The first kappa shape index (κ1) is 31.5. The molecular formula is C25H23F6N5O4S. The number of nitrogens with zero attached hydrogens (tertiary/aromatic N) is 5. The molecule has 0 unspecified atom stereocenters. The van der Waals surface area contributed by atoms with Crippen molar-refractivity contribution < 1.29 is 46.1 Å². The number of alkyl halides is 6. The maximum Gasteiger partial charge on any atom is 0.490 e. The average Bonchev–Trinajstić information content (AvgIpc) is 3.59. The molecule has 0 saturated carbocycles. The van der Waals surface area contributed by atoms with Gasteiger partial charge in [0.15, 0.2) is 11.5 Å². The first-order valence-electron chi connectivity index (χ1n) is 11.8. The lowest BCUT2D eigenvalue weighted by Gasteiger charge is -2.30. The number of likely N-dealkylation sites (tertiary alicyclic amines) is 1. The fraction of sp³-hybridized carbons (Fsp3) is 0.320. The van der Waals surface area contributed by atoms with E-state index in [1.54, 1.807) is 11.3 Å². The SMILES string of the molecule is O=C(O)C(F)(F)F.O=C(O)C(F)(F)F.c1cc(-c2ccc3nc(C4CCN(Cc5ccsc5)CC4)nn3c2)ccn1. The number of carbonyl (C=O) groups is 2. The molecule has 0 atom stereocenters. The van der Waals surface area contributed by atoms with Crippen LogP contribution in [0, 0.1) is 0 Å². The van der Waals surface area contributed by atoms with Crippen molar-refractivity contribution in [2.45, 2.75) is 37.7 Å². The summed E-state index contributed by atoms with van der Waals surface area (Å²) in [5, 5.41) is 23.4. The number of aliphatic carboxylic acids is 2. The van der Waals surface area contributed by atoms with E-state index in [9.17, 15) is 26.3 Å². The molecular weight excluding hydrogens is 580 g/mol. The second-order valence-electron chi connectivity index (χ2n) is 8.71. The highest BCUT2D eigenvalue weighted by atomic mass is 32.1. The van der Waals surface area contributed by atoms with Crippen LogP contribution in [0.2, 0.25) is 0 Å². The second-order valence-corrected chi connectivity index (χ2v) is 9.49. The molecule has 2 N–H and O–H groups in total. The summed E-state index contributed by atoms with van der Waals surface area (Å²) in [4.78, 5) is 29.2. The minimum Gasteiger partial charge on any atom is -0.475 e. The molecule has 1 aliphatic heterocycles. The van der Waals surface area contributed by atoms with E-state index in [1.807, 2.05) is 29.0 Å². The molecule has 0 amide bonds. The van der Waals surface area contributed by atoms with Crippen LogP contribution in [-0.4, -0.2) is 72.1 Å². The van der Waals surface area contributed by atoms with Gasteiger partial charge in [-0.25, -0.2) is 19.1 Å². The number of rotatable bonds is 4. The zero-order chi connectivity index (χ0) is 30.2. The van der Waals surface area contributed by atoms with Gasteiger partial charge in [-0.15, -0.1) is 0 Å². The van der Waals surface area contributed by atoms with Crippen molar-refractivity contribution in [3.05, 3.63) is 71.1 Å². The molecule has 1 fully saturated rings. The van der Waals surface area contributed by atoms with Gasteiger partial charge < -0.3 is 10.2 Å². The van der Waals surface area contributed by atoms with E-state index in [4.69, 9.17) is 29.9 Å². The first-order valence-corrected chi connectivity index (χ1v) is 12.8. The molecule has 0 radical (unpaired) electrons. The third-order valence-corrected chi connectivity index (χ3v) is 6.52. The number of piperidine rings is 1. The van der Waals surface area contributed by atoms with Crippen LogP contribution < -0.4 is 0 Å². The van der Waals surface area contributed by atoms with E-state index in [1.165, 1.54) is 5.56 Å². The molecule has 1 aliphatic rings. The lowest BCUT2D eigenvalue weighted by molar-refractivity contribution is -0.193. The van der Waals surface area contributed by atoms with Crippen molar-refractivity contribution in [2.75, 3.05) is 13.1 Å². The van der Waals surface area contributed by atoms with Crippen molar-refractivity contribution in [3.63, 3.8) is 0 Å². The van der Waals surface area contributed by atoms with Crippen LogP contribution in [0.15, 0.2) is 59.7 Å². The summed E-state index contributed by atoms with van der Waals surface area (Å²) < 4.78 is 65.4. The Balaban J connectivity index is 0.000000276. The number of hydrogen-bond acceptors (Lipinski definition) is 7. The fourth-order valence-corrected chi connectivity index (χ4v) is 4.44. The third-order valence-electron chi connectivity index (χ3n) is 5.79. The second kappa shape index (κ2) is 13.5. The highest BCUT2D eigenvalue weighted by Crippen LogP contribution is 2.28. The Morgan fingerprint density at radius 2 is 1.49 bits per heavy atom. The lowest BCUT2D eigenvalue weighted by Crippen LogP contribution is -2.32. The van der Waals surface area contributed by atoms with E-state index in [0.717, 1.165) is 55.1 Å². The predicted octanol–water partition coefficient (Wildman–Crippen LogP) is 5.50. The van der Waals surface area contributed by atoms with Gasteiger partial charge in [0.1, 0.15) is 0 Å². The van der Waals surface area contributed by atoms with Gasteiger partial charge >= 0.3 is 24.3 Å². The third kappa shape index (κ3) is 9.53.